The molecule has 0 amide bonds. The maximum atomic E-state index is 12.5. The SMILES string of the molecule is CC1CN2CCCCC2CN1S(=O)(=O)c1ncc[nH]1. The number of sulfonamides is 1. The molecule has 3 rings (SSSR count). The zero-order chi connectivity index (χ0) is 13.5. The Kier molecular flexibility index (Phi) is 3.36. The Morgan fingerprint density at radius 3 is 2.95 bits per heavy atom. The maximum Gasteiger partial charge on any atom is 0.277 e. The summed E-state index contributed by atoms with van der Waals surface area (Å²) in [4.78, 5) is 9.05. The second kappa shape index (κ2) is 4.88. The van der Waals surface area contributed by atoms with Gasteiger partial charge in [0, 0.05) is 37.6 Å². The third kappa shape index (κ3) is 2.30. The molecule has 1 N–H and O–H groups in total. The minimum atomic E-state index is -3.48. The van der Waals surface area contributed by atoms with E-state index in [1.807, 2.05) is 6.92 Å². The van der Waals surface area contributed by atoms with Crippen molar-refractivity contribution in [1.29, 1.82) is 0 Å². The Morgan fingerprint density at radius 2 is 2.21 bits per heavy atom. The molecule has 0 aromatic carbocycles. The Labute approximate surface area is 113 Å². The third-order valence-electron chi connectivity index (χ3n) is 4.16. The molecule has 2 aliphatic rings. The van der Waals surface area contributed by atoms with Gasteiger partial charge in [-0.1, -0.05) is 6.42 Å². The van der Waals surface area contributed by atoms with Gasteiger partial charge in [-0.05, 0) is 26.3 Å². The minimum Gasteiger partial charge on any atom is -0.334 e. The fourth-order valence-corrected chi connectivity index (χ4v) is 4.71. The summed E-state index contributed by atoms with van der Waals surface area (Å²) in [5.41, 5.74) is 0. The van der Waals surface area contributed by atoms with Crippen LogP contribution in [0.5, 0.6) is 0 Å². The van der Waals surface area contributed by atoms with E-state index in [0.29, 0.717) is 12.6 Å². The van der Waals surface area contributed by atoms with Crippen LogP contribution in [-0.4, -0.2) is 59.3 Å². The van der Waals surface area contributed by atoms with Crippen molar-refractivity contribution in [2.24, 2.45) is 0 Å². The Hall–Kier alpha value is -0.920. The summed E-state index contributed by atoms with van der Waals surface area (Å²) < 4.78 is 26.7. The predicted octanol–water partition coefficient (Wildman–Crippen LogP) is 0.657. The Morgan fingerprint density at radius 1 is 1.37 bits per heavy atom. The number of aromatic amines is 1. The first-order valence-corrected chi connectivity index (χ1v) is 8.28. The molecule has 106 valence electrons. The number of rotatable bonds is 2. The molecule has 0 aliphatic carbocycles. The molecule has 0 bridgehead atoms. The molecule has 0 spiro atoms. The first kappa shape index (κ1) is 13.1. The lowest BCUT2D eigenvalue weighted by Gasteiger charge is -2.46. The van der Waals surface area contributed by atoms with Gasteiger partial charge in [0.25, 0.3) is 10.0 Å². The van der Waals surface area contributed by atoms with Gasteiger partial charge in [-0.15, -0.1) is 0 Å². The monoisotopic (exact) mass is 284 g/mol. The second-order valence-electron chi connectivity index (χ2n) is 5.46. The lowest BCUT2D eigenvalue weighted by molar-refractivity contribution is 0.0562. The first-order chi connectivity index (χ1) is 9.09. The molecule has 1 aromatic rings. The van der Waals surface area contributed by atoms with Gasteiger partial charge < -0.3 is 4.98 Å². The van der Waals surface area contributed by atoms with E-state index in [1.165, 1.54) is 19.0 Å². The molecule has 2 saturated heterocycles. The number of aromatic nitrogens is 2. The van der Waals surface area contributed by atoms with Crippen LogP contribution in [0.3, 0.4) is 0 Å². The summed E-state index contributed by atoms with van der Waals surface area (Å²) in [6, 6.07) is 0.374. The van der Waals surface area contributed by atoms with Crippen LogP contribution in [0.1, 0.15) is 26.2 Å². The van der Waals surface area contributed by atoms with Gasteiger partial charge in [0.05, 0.1) is 0 Å². The summed E-state index contributed by atoms with van der Waals surface area (Å²) in [5.74, 6) is 0. The summed E-state index contributed by atoms with van der Waals surface area (Å²) in [5, 5.41) is 0.0589. The number of hydrogen-bond acceptors (Lipinski definition) is 4. The van der Waals surface area contributed by atoms with E-state index >= 15 is 0 Å². The van der Waals surface area contributed by atoms with Crippen molar-refractivity contribution in [2.75, 3.05) is 19.6 Å². The molecule has 0 saturated carbocycles. The molecule has 3 heterocycles. The summed E-state index contributed by atoms with van der Waals surface area (Å²) >= 11 is 0. The van der Waals surface area contributed by atoms with Gasteiger partial charge in [0.15, 0.2) is 0 Å². The van der Waals surface area contributed by atoms with Crippen LogP contribution >= 0.6 is 0 Å². The highest BCUT2D eigenvalue weighted by atomic mass is 32.2. The lowest BCUT2D eigenvalue weighted by Crippen LogP contribution is -2.60. The van der Waals surface area contributed by atoms with Crippen LogP contribution in [0.2, 0.25) is 0 Å². The van der Waals surface area contributed by atoms with Gasteiger partial charge in [0.1, 0.15) is 0 Å². The highest BCUT2D eigenvalue weighted by Crippen LogP contribution is 2.27. The predicted molar refractivity (Wildman–Crippen MR) is 71.2 cm³/mol. The molecule has 6 nitrogen and oxygen atoms in total. The average Bonchev–Trinajstić information content (AvgIpc) is 2.92. The average molecular weight is 284 g/mol. The van der Waals surface area contributed by atoms with E-state index in [1.54, 1.807) is 10.5 Å². The van der Waals surface area contributed by atoms with Crippen molar-refractivity contribution < 1.29 is 8.42 Å². The quantitative estimate of drug-likeness (QED) is 0.866. The molecule has 7 heteroatoms. The smallest absolute Gasteiger partial charge is 0.277 e. The van der Waals surface area contributed by atoms with Gasteiger partial charge in [-0.3, -0.25) is 4.90 Å². The number of hydrogen-bond donors (Lipinski definition) is 1. The molecule has 2 aliphatic heterocycles. The Bertz CT molecular complexity index is 528. The topological polar surface area (TPSA) is 69.3 Å². The molecule has 1 aromatic heterocycles. The number of nitrogens with one attached hydrogen (secondary N) is 1. The summed E-state index contributed by atoms with van der Waals surface area (Å²) in [6.07, 6.45) is 6.55. The number of H-pyrrole nitrogens is 1. The number of fused-ring (bicyclic) bond motifs is 1. The molecular formula is C12H20N4O2S. The van der Waals surface area contributed by atoms with E-state index in [0.717, 1.165) is 19.5 Å². The molecule has 2 atom stereocenters. The van der Waals surface area contributed by atoms with E-state index in [2.05, 4.69) is 14.9 Å². The molecule has 19 heavy (non-hydrogen) atoms. The third-order valence-corrected chi connectivity index (χ3v) is 5.99. The van der Waals surface area contributed by atoms with E-state index in [-0.39, 0.29) is 11.2 Å². The molecule has 2 unspecified atom stereocenters. The van der Waals surface area contributed by atoms with Crippen LogP contribution in [0.15, 0.2) is 17.6 Å². The van der Waals surface area contributed by atoms with Crippen LogP contribution in [0, 0.1) is 0 Å². The Balaban J connectivity index is 1.85. The highest BCUT2D eigenvalue weighted by Gasteiger charge is 2.40. The van der Waals surface area contributed by atoms with E-state index in [9.17, 15) is 8.42 Å². The fourth-order valence-electron chi connectivity index (χ4n) is 3.16. The highest BCUT2D eigenvalue weighted by molar-refractivity contribution is 7.89. The van der Waals surface area contributed by atoms with Crippen molar-refractivity contribution in [3.8, 4) is 0 Å². The summed E-state index contributed by atoms with van der Waals surface area (Å²) in [7, 11) is -3.48. The van der Waals surface area contributed by atoms with Crippen LogP contribution in [0.25, 0.3) is 0 Å². The molecule has 0 radical (unpaired) electrons. The van der Waals surface area contributed by atoms with Crippen molar-refractivity contribution in [2.45, 2.75) is 43.4 Å². The lowest BCUT2D eigenvalue weighted by atomic mass is 9.99. The van der Waals surface area contributed by atoms with Gasteiger partial charge >= 0.3 is 0 Å². The number of piperazine rings is 1. The second-order valence-corrected chi connectivity index (χ2v) is 7.27. The van der Waals surface area contributed by atoms with E-state index < -0.39 is 10.0 Å². The number of piperidine rings is 1. The first-order valence-electron chi connectivity index (χ1n) is 6.84. The van der Waals surface area contributed by atoms with Crippen LogP contribution < -0.4 is 0 Å². The van der Waals surface area contributed by atoms with Crippen molar-refractivity contribution >= 4 is 10.0 Å². The van der Waals surface area contributed by atoms with Gasteiger partial charge in [0.2, 0.25) is 5.16 Å². The standard InChI is InChI=1S/C12H20N4O2S/c1-10-8-15-7-3-2-4-11(15)9-16(10)19(17,18)12-13-5-6-14-12/h5-6,10-11H,2-4,7-9H2,1H3,(H,13,14). The minimum absolute atomic E-state index is 0.00412. The normalized spacial score (nSPS) is 30.2. The number of imidazole rings is 1. The molecule has 2 fully saturated rings. The van der Waals surface area contributed by atoms with Gasteiger partial charge in [-0.2, -0.15) is 4.31 Å². The zero-order valence-electron chi connectivity index (χ0n) is 11.1. The summed E-state index contributed by atoms with van der Waals surface area (Å²) in [6.45, 7) is 4.49. The van der Waals surface area contributed by atoms with E-state index in [4.69, 9.17) is 0 Å². The van der Waals surface area contributed by atoms with Crippen LogP contribution in [-0.2, 0) is 10.0 Å². The maximum absolute atomic E-state index is 12.5. The molecular weight excluding hydrogens is 264 g/mol. The van der Waals surface area contributed by atoms with Crippen molar-refractivity contribution in [3.63, 3.8) is 0 Å². The largest absolute Gasteiger partial charge is 0.334 e. The van der Waals surface area contributed by atoms with Gasteiger partial charge in [-0.25, -0.2) is 13.4 Å². The van der Waals surface area contributed by atoms with Crippen molar-refractivity contribution in [3.05, 3.63) is 12.4 Å². The zero-order valence-corrected chi connectivity index (χ0v) is 11.9. The van der Waals surface area contributed by atoms with Crippen molar-refractivity contribution in [1.82, 2.24) is 19.2 Å². The fraction of sp³-hybridized carbons (Fsp3) is 0.750. The number of nitrogens with zero attached hydrogens (tertiary/aromatic N) is 3. The van der Waals surface area contributed by atoms with Crippen LogP contribution in [0.4, 0.5) is 0 Å².